The summed E-state index contributed by atoms with van der Waals surface area (Å²) in [6.07, 6.45) is -6.13. The zero-order valence-corrected chi connectivity index (χ0v) is 10.8. The van der Waals surface area contributed by atoms with Gasteiger partial charge in [-0.25, -0.2) is 9.37 Å². The fourth-order valence-electron chi connectivity index (χ4n) is 1.71. The molecule has 0 saturated heterocycles. The molecule has 0 aliphatic carbocycles. The first-order valence-corrected chi connectivity index (χ1v) is 5.72. The Morgan fingerprint density at radius 3 is 2.27 bits per heavy atom. The van der Waals surface area contributed by atoms with E-state index in [1.807, 2.05) is 0 Å². The van der Waals surface area contributed by atoms with Crippen LogP contribution in [0.15, 0.2) is 18.2 Å². The predicted octanol–water partition coefficient (Wildman–Crippen LogP) is 4.59. The molecule has 2 aromatic rings. The van der Waals surface area contributed by atoms with Gasteiger partial charge in [-0.05, 0) is 12.1 Å². The molecule has 4 nitrogen and oxygen atoms in total. The van der Waals surface area contributed by atoms with Crippen LogP contribution in [0.2, 0.25) is 5.02 Å². The maximum absolute atomic E-state index is 13.4. The number of aromatic nitrogens is 1. The molecule has 1 heterocycles. The van der Waals surface area contributed by atoms with Gasteiger partial charge in [-0.3, -0.25) is 10.1 Å². The summed E-state index contributed by atoms with van der Waals surface area (Å²) >= 11 is 5.55. The molecule has 0 atom stereocenters. The molecule has 0 saturated carbocycles. The molecule has 22 heavy (non-hydrogen) atoms. The van der Waals surface area contributed by atoms with E-state index < -0.39 is 44.8 Å². The van der Waals surface area contributed by atoms with E-state index in [4.69, 9.17) is 11.6 Å². The maximum Gasteiger partial charge on any atom is 0.460 e. The molecule has 0 amide bonds. The van der Waals surface area contributed by atoms with Crippen molar-refractivity contribution in [2.75, 3.05) is 0 Å². The number of benzene rings is 1. The molecule has 1 aromatic heterocycles. The van der Waals surface area contributed by atoms with Gasteiger partial charge in [0.2, 0.25) is 0 Å². The number of fused-ring (bicyclic) bond motifs is 1. The van der Waals surface area contributed by atoms with Crippen molar-refractivity contribution in [3.8, 4) is 0 Å². The van der Waals surface area contributed by atoms with Crippen LogP contribution >= 0.6 is 11.6 Å². The second-order valence-corrected chi connectivity index (χ2v) is 4.49. The Hall–Kier alpha value is -2.10. The van der Waals surface area contributed by atoms with E-state index in [0.717, 1.165) is 12.1 Å². The van der Waals surface area contributed by atoms with E-state index in [1.54, 1.807) is 0 Å². The molecule has 0 spiro atoms. The highest BCUT2D eigenvalue weighted by atomic mass is 35.5. The van der Waals surface area contributed by atoms with Gasteiger partial charge >= 0.3 is 17.8 Å². The standard InChI is InChI=1S/C11H3ClF6N2O2/c12-7-5-2-1-4(13)3-6(5)19-9(8(7)20(21)22)10(14,15)11(16,17)18/h1-3H. The van der Waals surface area contributed by atoms with E-state index in [2.05, 4.69) is 4.98 Å². The number of nitro groups is 1. The molecular formula is C11H3ClF6N2O2. The van der Waals surface area contributed by atoms with E-state index >= 15 is 0 Å². The molecule has 1 aromatic carbocycles. The van der Waals surface area contributed by atoms with Crippen LogP contribution in [0.4, 0.5) is 32.0 Å². The topological polar surface area (TPSA) is 56.0 Å². The molecule has 11 heteroatoms. The third-order valence-corrected chi connectivity index (χ3v) is 3.08. The van der Waals surface area contributed by atoms with E-state index in [0.29, 0.717) is 6.07 Å². The smallest absolute Gasteiger partial charge is 0.258 e. The van der Waals surface area contributed by atoms with E-state index in [1.165, 1.54) is 0 Å². The van der Waals surface area contributed by atoms with Crippen molar-refractivity contribution < 1.29 is 31.3 Å². The number of hydrogen-bond donors (Lipinski definition) is 0. The van der Waals surface area contributed by atoms with Crippen LogP contribution in [0.3, 0.4) is 0 Å². The third kappa shape index (κ3) is 2.43. The number of hydrogen-bond acceptors (Lipinski definition) is 3. The number of rotatable bonds is 2. The molecule has 0 bridgehead atoms. The molecule has 118 valence electrons. The first-order chi connectivity index (χ1) is 9.96. The van der Waals surface area contributed by atoms with Crippen LogP contribution < -0.4 is 0 Å². The fourth-order valence-corrected chi connectivity index (χ4v) is 2.03. The third-order valence-electron chi connectivity index (χ3n) is 2.70. The van der Waals surface area contributed by atoms with Gasteiger partial charge in [-0.2, -0.15) is 22.0 Å². The van der Waals surface area contributed by atoms with Gasteiger partial charge in [0.1, 0.15) is 10.8 Å². The minimum absolute atomic E-state index is 0.323. The molecule has 0 fully saturated rings. The lowest BCUT2D eigenvalue weighted by Crippen LogP contribution is -2.35. The Morgan fingerprint density at radius 1 is 1.18 bits per heavy atom. The molecule has 0 aliphatic rings. The second-order valence-electron chi connectivity index (χ2n) is 4.11. The van der Waals surface area contributed by atoms with E-state index in [9.17, 15) is 36.5 Å². The van der Waals surface area contributed by atoms with Gasteiger partial charge < -0.3 is 0 Å². The first-order valence-electron chi connectivity index (χ1n) is 5.35. The largest absolute Gasteiger partial charge is 0.460 e. The Bertz CT molecular complexity index is 777. The fraction of sp³-hybridized carbons (Fsp3) is 0.182. The summed E-state index contributed by atoms with van der Waals surface area (Å²) in [5, 5.41) is 9.53. The normalized spacial score (nSPS) is 12.7. The van der Waals surface area contributed by atoms with Gasteiger partial charge in [-0.15, -0.1) is 0 Å². The van der Waals surface area contributed by atoms with Crippen LogP contribution in [-0.2, 0) is 5.92 Å². The van der Waals surface area contributed by atoms with Crippen LogP contribution in [0.1, 0.15) is 5.69 Å². The van der Waals surface area contributed by atoms with Gasteiger partial charge in [0.25, 0.3) is 0 Å². The lowest BCUT2D eigenvalue weighted by Gasteiger charge is -2.19. The quantitative estimate of drug-likeness (QED) is 0.455. The SMILES string of the molecule is O=[N+]([O-])c1c(C(F)(F)C(F)(F)F)nc2cc(F)ccc2c1Cl. The number of pyridine rings is 1. The van der Waals surface area contributed by atoms with Crippen molar-refractivity contribution in [2.24, 2.45) is 0 Å². The second kappa shape index (κ2) is 4.97. The van der Waals surface area contributed by atoms with Crippen LogP contribution in [0, 0.1) is 15.9 Å². The van der Waals surface area contributed by atoms with Crippen LogP contribution in [-0.4, -0.2) is 16.1 Å². The van der Waals surface area contributed by atoms with Crippen molar-refractivity contribution in [3.63, 3.8) is 0 Å². The number of alkyl halides is 5. The lowest BCUT2D eigenvalue weighted by atomic mass is 10.1. The van der Waals surface area contributed by atoms with Gasteiger partial charge in [0, 0.05) is 11.5 Å². The van der Waals surface area contributed by atoms with Crippen LogP contribution in [0.25, 0.3) is 10.9 Å². The monoisotopic (exact) mass is 344 g/mol. The highest BCUT2D eigenvalue weighted by molar-refractivity contribution is 6.37. The van der Waals surface area contributed by atoms with Crippen molar-refractivity contribution >= 4 is 28.2 Å². The van der Waals surface area contributed by atoms with Gasteiger partial charge in [0.05, 0.1) is 10.4 Å². The Morgan fingerprint density at radius 2 is 1.77 bits per heavy atom. The zero-order valence-electron chi connectivity index (χ0n) is 10.1. The van der Waals surface area contributed by atoms with Crippen molar-refractivity contribution in [3.05, 3.63) is 44.8 Å². The van der Waals surface area contributed by atoms with Gasteiger partial charge in [-0.1, -0.05) is 11.6 Å². The summed E-state index contributed by atoms with van der Waals surface area (Å²) in [5.41, 5.74) is -4.52. The summed E-state index contributed by atoms with van der Waals surface area (Å²) < 4.78 is 77.3. The van der Waals surface area contributed by atoms with Crippen molar-refractivity contribution in [2.45, 2.75) is 12.1 Å². The Balaban J connectivity index is 2.94. The molecule has 2 rings (SSSR count). The molecule has 0 aliphatic heterocycles. The average molecular weight is 345 g/mol. The lowest BCUT2D eigenvalue weighted by molar-refractivity contribution is -0.390. The molecule has 0 radical (unpaired) electrons. The zero-order chi connectivity index (χ0) is 16.9. The molecule has 0 unspecified atom stereocenters. The van der Waals surface area contributed by atoms with Crippen molar-refractivity contribution in [1.82, 2.24) is 4.98 Å². The molecule has 0 N–H and O–H groups in total. The summed E-state index contributed by atoms with van der Waals surface area (Å²) in [5.74, 6) is -6.61. The Kier molecular flexibility index (Phi) is 3.68. The maximum atomic E-state index is 13.4. The van der Waals surface area contributed by atoms with Gasteiger partial charge in [0.15, 0.2) is 5.69 Å². The Labute approximate surface area is 122 Å². The minimum Gasteiger partial charge on any atom is -0.258 e. The minimum atomic E-state index is -6.13. The predicted molar refractivity (Wildman–Crippen MR) is 63.3 cm³/mol. The molecular weight excluding hydrogens is 342 g/mol. The highest BCUT2D eigenvalue weighted by Crippen LogP contribution is 2.49. The first kappa shape index (κ1) is 16.3. The van der Waals surface area contributed by atoms with E-state index in [-0.39, 0.29) is 5.39 Å². The average Bonchev–Trinajstić information content (AvgIpc) is 2.35. The summed E-state index contributed by atoms with van der Waals surface area (Å²) in [6.45, 7) is 0. The summed E-state index contributed by atoms with van der Waals surface area (Å²) in [4.78, 5) is 12.3. The summed E-state index contributed by atoms with van der Waals surface area (Å²) in [7, 11) is 0. The van der Waals surface area contributed by atoms with Crippen molar-refractivity contribution in [1.29, 1.82) is 0 Å². The summed E-state index contributed by atoms with van der Waals surface area (Å²) in [6, 6.07) is 2.24. The number of halogens is 7. The van der Waals surface area contributed by atoms with Crippen LogP contribution in [0.5, 0.6) is 0 Å². The number of nitrogens with zero attached hydrogens (tertiary/aromatic N) is 2. The highest BCUT2D eigenvalue weighted by Gasteiger charge is 2.63.